The zero-order valence-corrected chi connectivity index (χ0v) is 12.8. The molecule has 0 aliphatic carbocycles. The van der Waals surface area contributed by atoms with Crippen LogP contribution in [-0.2, 0) is 6.54 Å². The average Bonchev–Trinajstić information content (AvgIpc) is 2.55. The minimum Gasteiger partial charge on any atom is -0.352 e. The van der Waals surface area contributed by atoms with Gasteiger partial charge in [0.1, 0.15) is 6.07 Å². The molecule has 0 saturated heterocycles. The minimum absolute atomic E-state index is 0.130. The van der Waals surface area contributed by atoms with Crippen molar-refractivity contribution in [3.8, 4) is 6.07 Å². The molecule has 0 atom stereocenters. The fraction of sp³-hybridized carbons (Fsp3) is 0.0667. The van der Waals surface area contributed by atoms with Gasteiger partial charge in [0.2, 0.25) is 0 Å². The largest absolute Gasteiger partial charge is 0.352 e. The molecule has 0 radical (unpaired) electrons. The highest BCUT2D eigenvalue weighted by Crippen LogP contribution is 2.22. The number of carbonyl (C=O) groups excluding carboxylic acids is 2. The number of benzene rings is 1. The Hall–Kier alpha value is -3.05. The number of hydrogen-bond acceptors (Lipinski definition) is 5. The third-order valence-corrected chi connectivity index (χ3v) is 3.39. The molecule has 116 valence electrons. The smallest absolute Gasteiger partial charge is 0.312 e. The van der Waals surface area contributed by atoms with E-state index in [0.717, 1.165) is 5.56 Å². The third kappa shape index (κ3) is 4.21. The van der Waals surface area contributed by atoms with Gasteiger partial charge in [-0.25, -0.2) is 9.78 Å². The second-order valence-electron chi connectivity index (χ2n) is 4.54. The van der Waals surface area contributed by atoms with Crippen LogP contribution in [0.1, 0.15) is 21.6 Å². The van der Waals surface area contributed by atoms with Crippen molar-refractivity contribution in [2.75, 3.05) is 5.32 Å². The zero-order valence-electron chi connectivity index (χ0n) is 11.9. The second kappa shape index (κ2) is 7.29. The highest BCUT2D eigenvalue weighted by molar-refractivity contribution is 7.80. The maximum atomic E-state index is 12.3. The number of anilines is 1. The van der Waals surface area contributed by atoms with Crippen LogP contribution in [0, 0.1) is 11.3 Å². The van der Waals surface area contributed by atoms with Crippen LogP contribution >= 0.6 is 12.6 Å². The van der Waals surface area contributed by atoms with E-state index in [1.54, 1.807) is 30.3 Å². The molecule has 7 nitrogen and oxygen atoms in total. The molecule has 0 saturated carbocycles. The number of nitrogens with zero attached hydrogens (tertiary/aromatic N) is 2. The monoisotopic (exact) mass is 327 g/mol. The maximum Gasteiger partial charge on any atom is 0.312 e. The molecule has 2 rings (SSSR count). The van der Waals surface area contributed by atoms with E-state index in [9.17, 15) is 9.59 Å². The zero-order chi connectivity index (χ0) is 16.8. The van der Waals surface area contributed by atoms with Crippen LogP contribution in [0.2, 0.25) is 0 Å². The molecule has 1 aromatic heterocycles. The number of amides is 3. The van der Waals surface area contributed by atoms with E-state index in [4.69, 9.17) is 11.0 Å². The molecule has 1 aromatic carbocycles. The Morgan fingerprint density at radius 2 is 2.13 bits per heavy atom. The van der Waals surface area contributed by atoms with E-state index in [1.807, 2.05) is 6.07 Å². The van der Waals surface area contributed by atoms with Gasteiger partial charge in [0.05, 0.1) is 10.6 Å². The molecule has 3 amide bonds. The van der Waals surface area contributed by atoms with Crippen molar-refractivity contribution < 1.29 is 9.59 Å². The van der Waals surface area contributed by atoms with Crippen molar-refractivity contribution >= 4 is 30.3 Å². The summed E-state index contributed by atoms with van der Waals surface area (Å²) in [7, 11) is 0. The van der Waals surface area contributed by atoms with Gasteiger partial charge < -0.3 is 16.4 Å². The van der Waals surface area contributed by atoms with E-state index in [0.29, 0.717) is 16.1 Å². The normalized spacial score (nSPS) is 9.74. The summed E-state index contributed by atoms with van der Waals surface area (Å²) in [5.41, 5.74) is 6.67. The Bertz CT molecular complexity index is 801. The van der Waals surface area contributed by atoms with E-state index in [-0.39, 0.29) is 18.1 Å². The Balaban J connectivity index is 2.17. The predicted molar refractivity (Wildman–Crippen MR) is 87.0 cm³/mol. The number of aromatic nitrogens is 1. The molecule has 0 fully saturated rings. The van der Waals surface area contributed by atoms with Crippen LogP contribution in [0.3, 0.4) is 0 Å². The number of nitrogens with one attached hydrogen (secondary N) is 2. The molecule has 0 aliphatic rings. The van der Waals surface area contributed by atoms with Gasteiger partial charge in [-0.2, -0.15) is 5.26 Å². The number of nitriles is 1. The summed E-state index contributed by atoms with van der Waals surface area (Å²) in [6.07, 6.45) is 1.42. The average molecular weight is 327 g/mol. The molecule has 4 N–H and O–H groups in total. The molecule has 0 aliphatic heterocycles. The number of urea groups is 1. The predicted octanol–water partition coefficient (Wildman–Crippen LogP) is 1.66. The quantitative estimate of drug-likeness (QED) is 0.638. The highest BCUT2D eigenvalue weighted by Gasteiger charge is 2.11. The van der Waals surface area contributed by atoms with Gasteiger partial charge in [-0.05, 0) is 23.8 Å². The second-order valence-corrected chi connectivity index (χ2v) is 4.99. The fourth-order valence-corrected chi connectivity index (χ4v) is 2.08. The summed E-state index contributed by atoms with van der Waals surface area (Å²) in [6.45, 7) is 0.224. The molecular weight excluding hydrogens is 314 g/mol. The first-order valence-electron chi connectivity index (χ1n) is 6.53. The van der Waals surface area contributed by atoms with Crippen molar-refractivity contribution in [2.45, 2.75) is 11.4 Å². The third-order valence-electron chi connectivity index (χ3n) is 2.93. The van der Waals surface area contributed by atoms with Gasteiger partial charge in [-0.3, -0.25) is 4.79 Å². The van der Waals surface area contributed by atoms with Crippen LogP contribution < -0.4 is 16.4 Å². The Labute approximate surface area is 137 Å². The van der Waals surface area contributed by atoms with Crippen LogP contribution in [0.4, 0.5) is 10.5 Å². The van der Waals surface area contributed by atoms with Crippen LogP contribution in [0.25, 0.3) is 0 Å². The van der Waals surface area contributed by atoms with Gasteiger partial charge in [0, 0.05) is 18.3 Å². The lowest BCUT2D eigenvalue weighted by atomic mass is 10.1. The molecule has 8 heteroatoms. The van der Waals surface area contributed by atoms with E-state index in [1.165, 1.54) is 6.20 Å². The summed E-state index contributed by atoms with van der Waals surface area (Å²) in [4.78, 5) is 27.2. The molecular formula is C15H13N5O2S. The fourth-order valence-electron chi connectivity index (χ4n) is 1.84. The first-order valence-corrected chi connectivity index (χ1v) is 6.97. The van der Waals surface area contributed by atoms with Crippen LogP contribution in [0.15, 0.2) is 41.4 Å². The number of carbonyl (C=O) groups is 2. The molecule has 0 spiro atoms. The lowest BCUT2D eigenvalue weighted by Gasteiger charge is -2.09. The first kappa shape index (κ1) is 16.3. The number of rotatable bonds is 4. The Morgan fingerprint density at radius 3 is 2.83 bits per heavy atom. The number of thiol groups is 1. The van der Waals surface area contributed by atoms with Gasteiger partial charge >= 0.3 is 6.03 Å². The standard InChI is InChI=1S/C15H13N5O2S/c16-7-12-13(23)11(4-5-18-12)20-14(21)10-3-1-2-9(6-10)8-19-15(17)22/h1-6,23H,8H2,(H3,17,19,22)(H,18,20,21). The van der Waals surface area contributed by atoms with Crippen molar-refractivity contribution in [1.29, 1.82) is 5.26 Å². The van der Waals surface area contributed by atoms with E-state index < -0.39 is 6.03 Å². The first-order chi connectivity index (χ1) is 11.0. The summed E-state index contributed by atoms with van der Waals surface area (Å²) in [5.74, 6) is -0.365. The molecule has 0 bridgehead atoms. The summed E-state index contributed by atoms with van der Waals surface area (Å²) in [5, 5.41) is 14.0. The lowest BCUT2D eigenvalue weighted by molar-refractivity contribution is 0.102. The minimum atomic E-state index is -0.639. The number of nitrogens with two attached hydrogens (primary N) is 1. The SMILES string of the molecule is N#Cc1nccc(NC(=O)c2cccc(CNC(N)=O)c2)c1S. The van der Waals surface area contributed by atoms with Crippen molar-refractivity contribution in [3.63, 3.8) is 0 Å². The van der Waals surface area contributed by atoms with Gasteiger partial charge in [0.25, 0.3) is 5.91 Å². The summed E-state index contributed by atoms with van der Waals surface area (Å²) >= 11 is 4.19. The van der Waals surface area contributed by atoms with Gasteiger partial charge in [-0.15, -0.1) is 12.6 Å². The van der Waals surface area contributed by atoms with Crippen LogP contribution in [0.5, 0.6) is 0 Å². The molecule has 1 heterocycles. The maximum absolute atomic E-state index is 12.3. The van der Waals surface area contributed by atoms with Crippen molar-refractivity contribution in [2.24, 2.45) is 5.73 Å². The lowest BCUT2D eigenvalue weighted by Crippen LogP contribution is -2.28. The van der Waals surface area contributed by atoms with Crippen molar-refractivity contribution in [1.82, 2.24) is 10.3 Å². The number of pyridine rings is 1. The van der Waals surface area contributed by atoms with Gasteiger partial charge in [-0.1, -0.05) is 12.1 Å². The Morgan fingerprint density at radius 1 is 1.35 bits per heavy atom. The van der Waals surface area contributed by atoms with E-state index >= 15 is 0 Å². The molecule has 2 aromatic rings. The van der Waals surface area contributed by atoms with Crippen LogP contribution in [-0.4, -0.2) is 16.9 Å². The van der Waals surface area contributed by atoms with Gasteiger partial charge in [0.15, 0.2) is 5.69 Å². The number of primary amides is 1. The highest BCUT2D eigenvalue weighted by atomic mass is 32.1. The summed E-state index contributed by atoms with van der Waals surface area (Å²) < 4.78 is 0. The van der Waals surface area contributed by atoms with Crippen molar-refractivity contribution in [3.05, 3.63) is 53.3 Å². The summed E-state index contributed by atoms with van der Waals surface area (Å²) in [6, 6.07) is 9.54. The van der Waals surface area contributed by atoms with E-state index in [2.05, 4.69) is 28.2 Å². The number of hydrogen-bond donors (Lipinski definition) is 4. The topological polar surface area (TPSA) is 121 Å². The Kier molecular flexibility index (Phi) is 5.17. The molecule has 23 heavy (non-hydrogen) atoms. The molecule has 0 unspecified atom stereocenters.